The van der Waals surface area contributed by atoms with Gasteiger partial charge in [-0.3, -0.25) is 14.0 Å². The molecule has 8 heteroatoms. The van der Waals surface area contributed by atoms with Crippen molar-refractivity contribution >= 4 is 17.5 Å². The smallest absolute Gasteiger partial charge is 0.350 e. The fourth-order valence-corrected chi connectivity index (χ4v) is 2.70. The van der Waals surface area contributed by atoms with Gasteiger partial charge in [0.05, 0.1) is 5.92 Å². The number of fused-ring (bicyclic) bond motifs is 1. The number of nitrogens with zero attached hydrogens (tertiary/aromatic N) is 4. The molecule has 0 aliphatic carbocycles. The van der Waals surface area contributed by atoms with Crippen molar-refractivity contribution in [3.63, 3.8) is 0 Å². The van der Waals surface area contributed by atoms with Crippen LogP contribution in [0.25, 0.3) is 5.65 Å². The number of piperidine rings is 1. The van der Waals surface area contributed by atoms with Crippen LogP contribution in [0.1, 0.15) is 12.8 Å². The molecule has 0 saturated carbocycles. The molecule has 3 rings (SSSR count). The number of aromatic nitrogens is 3. The summed E-state index contributed by atoms with van der Waals surface area (Å²) in [5.74, 6) is -1.70. The molecule has 0 spiro atoms. The molecule has 0 aromatic carbocycles. The Kier molecular flexibility index (Phi) is 3.66. The van der Waals surface area contributed by atoms with Gasteiger partial charge in [-0.2, -0.15) is 0 Å². The predicted molar refractivity (Wildman–Crippen MR) is 76.4 cm³/mol. The minimum Gasteiger partial charge on any atom is -0.481 e. The minimum atomic E-state index is -0.887. The topological polar surface area (TPSA) is 96.9 Å². The van der Waals surface area contributed by atoms with E-state index in [0.29, 0.717) is 25.0 Å². The van der Waals surface area contributed by atoms with Gasteiger partial charge in [0.25, 0.3) is 0 Å². The lowest BCUT2D eigenvalue weighted by atomic mass is 9.98. The third-order valence-corrected chi connectivity index (χ3v) is 3.90. The number of hydrogen-bond donors (Lipinski definition) is 1. The molecule has 1 saturated heterocycles. The first-order valence-corrected chi connectivity index (χ1v) is 7.11. The zero-order chi connectivity index (χ0) is 15.7. The van der Waals surface area contributed by atoms with E-state index in [9.17, 15) is 14.4 Å². The molecule has 0 bridgehead atoms. The SMILES string of the molecule is O=C(O)[C@H]1CCCN(C(=O)Cn2nc3ccccn3c2=O)C1. The lowest BCUT2D eigenvalue weighted by molar-refractivity contribution is -0.145. The molecule has 1 aliphatic rings. The van der Waals surface area contributed by atoms with Crippen LogP contribution in [0, 0.1) is 5.92 Å². The van der Waals surface area contributed by atoms with Gasteiger partial charge in [-0.1, -0.05) is 6.07 Å². The highest BCUT2D eigenvalue weighted by atomic mass is 16.4. The average molecular weight is 304 g/mol. The largest absolute Gasteiger partial charge is 0.481 e. The Labute approximate surface area is 125 Å². The van der Waals surface area contributed by atoms with Crippen LogP contribution in [0.3, 0.4) is 0 Å². The molecule has 0 unspecified atom stereocenters. The van der Waals surface area contributed by atoms with Crippen LogP contribution < -0.4 is 5.69 Å². The third-order valence-electron chi connectivity index (χ3n) is 3.90. The van der Waals surface area contributed by atoms with Crippen molar-refractivity contribution in [2.75, 3.05) is 13.1 Å². The molecule has 1 aliphatic heterocycles. The summed E-state index contributed by atoms with van der Waals surface area (Å²) in [5.41, 5.74) is 0.0955. The molecule has 1 fully saturated rings. The summed E-state index contributed by atoms with van der Waals surface area (Å²) in [7, 11) is 0. The maximum atomic E-state index is 12.3. The summed E-state index contributed by atoms with van der Waals surface area (Å²) >= 11 is 0. The van der Waals surface area contributed by atoms with Crippen molar-refractivity contribution in [1.29, 1.82) is 0 Å². The second-order valence-corrected chi connectivity index (χ2v) is 5.39. The van der Waals surface area contributed by atoms with E-state index in [1.54, 1.807) is 24.4 Å². The molecule has 8 nitrogen and oxygen atoms in total. The number of pyridine rings is 1. The van der Waals surface area contributed by atoms with Crippen LogP contribution in [-0.4, -0.2) is 49.2 Å². The predicted octanol–water partition coefficient (Wildman–Crippen LogP) is -0.181. The number of rotatable bonds is 3. The Hall–Kier alpha value is -2.64. The van der Waals surface area contributed by atoms with E-state index in [4.69, 9.17) is 5.11 Å². The van der Waals surface area contributed by atoms with E-state index < -0.39 is 11.9 Å². The van der Waals surface area contributed by atoms with Gasteiger partial charge in [0.1, 0.15) is 6.54 Å². The van der Waals surface area contributed by atoms with Crippen molar-refractivity contribution in [1.82, 2.24) is 19.1 Å². The Balaban J connectivity index is 1.77. The second-order valence-electron chi connectivity index (χ2n) is 5.39. The van der Waals surface area contributed by atoms with Gasteiger partial charge in [0.15, 0.2) is 5.65 Å². The van der Waals surface area contributed by atoms with Crippen molar-refractivity contribution < 1.29 is 14.7 Å². The van der Waals surface area contributed by atoms with Gasteiger partial charge in [0.2, 0.25) is 5.91 Å². The van der Waals surface area contributed by atoms with Gasteiger partial charge >= 0.3 is 11.7 Å². The van der Waals surface area contributed by atoms with E-state index in [1.165, 1.54) is 9.30 Å². The fourth-order valence-electron chi connectivity index (χ4n) is 2.70. The number of amides is 1. The van der Waals surface area contributed by atoms with Crippen LogP contribution in [0.15, 0.2) is 29.2 Å². The molecule has 3 heterocycles. The van der Waals surface area contributed by atoms with Gasteiger partial charge in [-0.25, -0.2) is 9.48 Å². The summed E-state index contributed by atoms with van der Waals surface area (Å²) in [5, 5.41) is 13.2. The molecular formula is C14H16N4O4. The maximum Gasteiger partial charge on any atom is 0.350 e. The Bertz CT molecular complexity index is 778. The number of aliphatic carboxylic acids is 1. The lowest BCUT2D eigenvalue weighted by Gasteiger charge is -2.30. The van der Waals surface area contributed by atoms with Crippen molar-refractivity contribution in [2.24, 2.45) is 5.92 Å². The fraction of sp³-hybridized carbons (Fsp3) is 0.429. The molecule has 1 amide bonds. The lowest BCUT2D eigenvalue weighted by Crippen LogP contribution is -2.44. The highest BCUT2D eigenvalue weighted by molar-refractivity contribution is 5.77. The average Bonchev–Trinajstić information content (AvgIpc) is 2.84. The second kappa shape index (κ2) is 5.63. The van der Waals surface area contributed by atoms with Crippen molar-refractivity contribution in [3.8, 4) is 0 Å². The number of carbonyl (C=O) groups excluding carboxylic acids is 1. The highest BCUT2D eigenvalue weighted by Crippen LogP contribution is 2.16. The van der Waals surface area contributed by atoms with Crippen LogP contribution in [0.4, 0.5) is 0 Å². The van der Waals surface area contributed by atoms with Gasteiger partial charge in [0, 0.05) is 19.3 Å². The highest BCUT2D eigenvalue weighted by Gasteiger charge is 2.28. The first-order chi connectivity index (χ1) is 10.6. The van der Waals surface area contributed by atoms with Crippen molar-refractivity contribution in [2.45, 2.75) is 19.4 Å². The van der Waals surface area contributed by atoms with E-state index in [1.807, 2.05) is 0 Å². The number of carbonyl (C=O) groups is 2. The monoisotopic (exact) mass is 304 g/mol. The zero-order valence-corrected chi connectivity index (χ0v) is 11.9. The van der Waals surface area contributed by atoms with E-state index >= 15 is 0 Å². The van der Waals surface area contributed by atoms with Crippen LogP contribution in [0.5, 0.6) is 0 Å². The molecule has 1 N–H and O–H groups in total. The third kappa shape index (κ3) is 2.59. The number of carboxylic acids is 1. The van der Waals surface area contributed by atoms with Gasteiger partial charge < -0.3 is 10.0 Å². The standard InChI is InChI=1S/C14H16N4O4/c19-12(16-6-3-4-10(8-16)13(20)21)9-18-14(22)17-7-2-1-5-11(17)15-18/h1-2,5,7,10H,3-4,6,8-9H2,(H,20,21)/t10-/m0/s1. The van der Waals surface area contributed by atoms with E-state index in [2.05, 4.69) is 5.10 Å². The van der Waals surface area contributed by atoms with Gasteiger partial charge in [-0.05, 0) is 25.0 Å². The minimum absolute atomic E-state index is 0.174. The molecule has 22 heavy (non-hydrogen) atoms. The Morgan fingerprint density at radius 1 is 1.36 bits per heavy atom. The summed E-state index contributed by atoms with van der Waals surface area (Å²) in [4.78, 5) is 36.9. The maximum absolute atomic E-state index is 12.3. The number of likely N-dealkylation sites (tertiary alicyclic amines) is 1. The summed E-state index contributed by atoms with van der Waals surface area (Å²) in [6.45, 7) is 0.536. The zero-order valence-electron chi connectivity index (χ0n) is 11.9. The first kappa shape index (κ1) is 14.3. The normalized spacial score (nSPS) is 18.5. The van der Waals surface area contributed by atoms with Crippen molar-refractivity contribution in [3.05, 3.63) is 34.9 Å². The van der Waals surface area contributed by atoms with E-state index in [-0.39, 0.29) is 24.7 Å². The molecule has 116 valence electrons. The number of carboxylic acid groups (broad SMARTS) is 1. The van der Waals surface area contributed by atoms with Crippen LogP contribution in [0.2, 0.25) is 0 Å². The molecule has 0 radical (unpaired) electrons. The molecule has 2 aromatic rings. The van der Waals surface area contributed by atoms with Crippen LogP contribution >= 0.6 is 0 Å². The summed E-state index contributed by atoms with van der Waals surface area (Å²) < 4.78 is 2.48. The number of hydrogen-bond acceptors (Lipinski definition) is 4. The Morgan fingerprint density at radius 2 is 2.18 bits per heavy atom. The quantitative estimate of drug-likeness (QED) is 0.848. The van der Waals surface area contributed by atoms with E-state index in [0.717, 1.165) is 4.68 Å². The molecule has 2 aromatic heterocycles. The summed E-state index contributed by atoms with van der Waals surface area (Å²) in [6.07, 6.45) is 2.82. The molecular weight excluding hydrogens is 288 g/mol. The Morgan fingerprint density at radius 3 is 2.91 bits per heavy atom. The first-order valence-electron chi connectivity index (χ1n) is 7.11. The molecule has 1 atom stereocenters. The summed E-state index contributed by atoms with van der Waals surface area (Å²) in [6, 6.07) is 5.16. The van der Waals surface area contributed by atoms with Crippen LogP contribution in [-0.2, 0) is 16.1 Å². The van der Waals surface area contributed by atoms with Gasteiger partial charge in [-0.15, -0.1) is 5.10 Å².